The summed E-state index contributed by atoms with van der Waals surface area (Å²) in [6, 6.07) is 3.57. The Labute approximate surface area is 128 Å². The predicted octanol–water partition coefficient (Wildman–Crippen LogP) is 1.76. The minimum atomic E-state index is -0.920. The van der Waals surface area contributed by atoms with E-state index in [9.17, 15) is 13.6 Å². The van der Waals surface area contributed by atoms with E-state index in [2.05, 4.69) is 5.32 Å². The lowest BCUT2D eigenvalue weighted by atomic mass is 9.79. The molecule has 3 N–H and O–H groups in total. The Morgan fingerprint density at radius 2 is 1.95 bits per heavy atom. The van der Waals surface area contributed by atoms with Gasteiger partial charge in [0.2, 0.25) is 5.91 Å². The molecule has 7 heteroatoms. The second kappa shape index (κ2) is 7.68. The Hall–Kier alpha value is -1.24. The van der Waals surface area contributed by atoms with Crippen molar-refractivity contribution in [1.29, 1.82) is 0 Å². The first-order valence-corrected chi connectivity index (χ1v) is 6.57. The van der Waals surface area contributed by atoms with Crippen molar-refractivity contribution in [3.05, 3.63) is 35.4 Å². The van der Waals surface area contributed by atoms with Gasteiger partial charge in [-0.15, -0.1) is 12.4 Å². The van der Waals surface area contributed by atoms with Gasteiger partial charge in [0.25, 0.3) is 0 Å². The molecule has 0 radical (unpaired) electrons. The first-order chi connectivity index (χ1) is 9.57. The molecule has 1 fully saturated rings. The molecule has 4 nitrogen and oxygen atoms in total. The topological polar surface area (TPSA) is 64.4 Å². The van der Waals surface area contributed by atoms with Crippen LogP contribution in [0.3, 0.4) is 0 Å². The fourth-order valence-corrected chi connectivity index (χ4v) is 2.31. The molecule has 0 aliphatic carbocycles. The fourth-order valence-electron chi connectivity index (χ4n) is 2.31. The van der Waals surface area contributed by atoms with Crippen LogP contribution in [0.2, 0.25) is 0 Å². The van der Waals surface area contributed by atoms with Crippen LogP contribution < -0.4 is 11.1 Å². The maximum atomic E-state index is 13.1. The summed E-state index contributed by atoms with van der Waals surface area (Å²) in [4.78, 5) is 12.3. The Morgan fingerprint density at radius 1 is 1.29 bits per heavy atom. The zero-order valence-electron chi connectivity index (χ0n) is 11.5. The summed E-state index contributed by atoms with van der Waals surface area (Å²) in [5.41, 5.74) is 5.62. The van der Waals surface area contributed by atoms with E-state index < -0.39 is 17.0 Å². The Kier molecular flexibility index (Phi) is 6.51. The fraction of sp³-hybridized carbons (Fsp3) is 0.500. The molecule has 0 unspecified atom stereocenters. The summed E-state index contributed by atoms with van der Waals surface area (Å²) in [6.45, 7) is 1.42. The highest BCUT2D eigenvalue weighted by molar-refractivity contribution is 5.85. The number of nitrogens with two attached hydrogens (primary N) is 1. The molecular weight excluding hydrogens is 302 g/mol. The minimum absolute atomic E-state index is 0. The number of benzene rings is 1. The Balaban J connectivity index is 0.00000220. The second-order valence-electron chi connectivity index (χ2n) is 5.03. The van der Waals surface area contributed by atoms with Crippen LogP contribution in [0.25, 0.3) is 0 Å². The number of hydrogen-bond donors (Lipinski definition) is 2. The summed E-state index contributed by atoms with van der Waals surface area (Å²) in [5, 5.41) is 2.74. The molecule has 1 aliphatic rings. The molecule has 0 atom stereocenters. The van der Waals surface area contributed by atoms with Crippen molar-refractivity contribution in [1.82, 2.24) is 5.32 Å². The van der Waals surface area contributed by atoms with Crippen molar-refractivity contribution in [3.8, 4) is 0 Å². The van der Waals surface area contributed by atoms with Gasteiger partial charge in [-0.3, -0.25) is 4.79 Å². The molecule has 1 aliphatic heterocycles. The SMILES string of the molecule is Cl.NCC1(C(=O)NCc2ccc(F)c(F)c2)CCOCC1. The van der Waals surface area contributed by atoms with Crippen LogP contribution in [0.4, 0.5) is 8.78 Å². The number of ether oxygens (including phenoxy) is 1. The molecule has 2 rings (SSSR count). The number of carbonyl (C=O) groups is 1. The van der Waals surface area contributed by atoms with E-state index in [1.807, 2.05) is 0 Å². The second-order valence-corrected chi connectivity index (χ2v) is 5.03. The predicted molar refractivity (Wildman–Crippen MR) is 77.0 cm³/mol. The van der Waals surface area contributed by atoms with E-state index in [1.54, 1.807) is 0 Å². The van der Waals surface area contributed by atoms with Gasteiger partial charge in [-0.05, 0) is 30.5 Å². The average molecular weight is 321 g/mol. The number of carbonyl (C=O) groups excluding carboxylic acids is 1. The van der Waals surface area contributed by atoms with Crippen molar-refractivity contribution in [3.63, 3.8) is 0 Å². The summed E-state index contributed by atoms with van der Waals surface area (Å²) >= 11 is 0. The molecule has 1 aromatic rings. The summed E-state index contributed by atoms with van der Waals surface area (Å²) in [6.07, 6.45) is 1.15. The Morgan fingerprint density at radius 3 is 2.52 bits per heavy atom. The maximum Gasteiger partial charge on any atom is 0.227 e. The number of rotatable bonds is 4. The molecule has 21 heavy (non-hydrogen) atoms. The van der Waals surface area contributed by atoms with Gasteiger partial charge in [0, 0.05) is 26.3 Å². The van der Waals surface area contributed by atoms with E-state index >= 15 is 0 Å². The largest absolute Gasteiger partial charge is 0.381 e. The van der Waals surface area contributed by atoms with Crippen LogP contribution in [0.5, 0.6) is 0 Å². The van der Waals surface area contributed by atoms with Gasteiger partial charge in [0.15, 0.2) is 11.6 Å². The van der Waals surface area contributed by atoms with Crippen LogP contribution in [-0.2, 0) is 16.1 Å². The molecule has 0 bridgehead atoms. The third-order valence-corrected chi connectivity index (χ3v) is 3.76. The number of amides is 1. The van der Waals surface area contributed by atoms with Gasteiger partial charge in [0.05, 0.1) is 5.41 Å². The first kappa shape index (κ1) is 17.8. The van der Waals surface area contributed by atoms with Gasteiger partial charge < -0.3 is 15.8 Å². The normalized spacial score (nSPS) is 16.9. The summed E-state index contributed by atoms with van der Waals surface area (Å²) in [7, 11) is 0. The van der Waals surface area contributed by atoms with E-state index in [0.29, 0.717) is 31.6 Å². The quantitative estimate of drug-likeness (QED) is 0.888. The lowest BCUT2D eigenvalue weighted by Gasteiger charge is -2.34. The highest BCUT2D eigenvalue weighted by Crippen LogP contribution is 2.29. The highest BCUT2D eigenvalue weighted by Gasteiger charge is 2.38. The van der Waals surface area contributed by atoms with Gasteiger partial charge in [-0.2, -0.15) is 0 Å². The zero-order valence-corrected chi connectivity index (χ0v) is 12.3. The molecular formula is C14H19ClF2N2O2. The van der Waals surface area contributed by atoms with Crippen molar-refractivity contribution >= 4 is 18.3 Å². The lowest BCUT2D eigenvalue weighted by molar-refractivity contribution is -0.136. The van der Waals surface area contributed by atoms with Crippen LogP contribution in [0, 0.1) is 17.0 Å². The van der Waals surface area contributed by atoms with Gasteiger partial charge in [-0.1, -0.05) is 6.07 Å². The van der Waals surface area contributed by atoms with E-state index in [4.69, 9.17) is 10.5 Å². The molecule has 1 saturated heterocycles. The summed E-state index contributed by atoms with van der Waals surface area (Å²) in [5.74, 6) is -1.98. The maximum absolute atomic E-state index is 13.1. The van der Waals surface area contributed by atoms with Crippen LogP contribution in [0.15, 0.2) is 18.2 Å². The number of nitrogens with one attached hydrogen (secondary N) is 1. The van der Waals surface area contributed by atoms with E-state index in [1.165, 1.54) is 6.07 Å². The van der Waals surface area contributed by atoms with Gasteiger partial charge in [0.1, 0.15) is 0 Å². The minimum Gasteiger partial charge on any atom is -0.381 e. The monoisotopic (exact) mass is 320 g/mol. The molecule has 1 amide bonds. The lowest BCUT2D eigenvalue weighted by Crippen LogP contribution is -2.48. The molecule has 1 aromatic carbocycles. The van der Waals surface area contributed by atoms with Gasteiger partial charge >= 0.3 is 0 Å². The van der Waals surface area contributed by atoms with Crippen molar-refractivity contribution in [2.75, 3.05) is 19.8 Å². The summed E-state index contributed by atoms with van der Waals surface area (Å²) < 4.78 is 31.1. The van der Waals surface area contributed by atoms with E-state index in [-0.39, 0.29) is 31.4 Å². The first-order valence-electron chi connectivity index (χ1n) is 6.57. The molecule has 0 aromatic heterocycles. The number of halogens is 3. The van der Waals surface area contributed by atoms with Crippen molar-refractivity contribution < 1.29 is 18.3 Å². The van der Waals surface area contributed by atoms with Crippen LogP contribution in [0.1, 0.15) is 18.4 Å². The third kappa shape index (κ3) is 4.12. The van der Waals surface area contributed by atoms with Gasteiger partial charge in [-0.25, -0.2) is 8.78 Å². The van der Waals surface area contributed by atoms with Crippen LogP contribution in [-0.4, -0.2) is 25.7 Å². The Bertz CT molecular complexity index is 494. The van der Waals surface area contributed by atoms with Crippen molar-refractivity contribution in [2.45, 2.75) is 19.4 Å². The standard InChI is InChI=1S/C14H18F2N2O2.ClH/c15-11-2-1-10(7-12(11)16)8-18-13(19)14(9-17)3-5-20-6-4-14;/h1-2,7H,3-6,8-9,17H2,(H,18,19);1H. The smallest absolute Gasteiger partial charge is 0.227 e. The zero-order chi connectivity index (χ0) is 14.6. The highest BCUT2D eigenvalue weighted by atomic mass is 35.5. The van der Waals surface area contributed by atoms with Crippen LogP contribution >= 0.6 is 12.4 Å². The van der Waals surface area contributed by atoms with E-state index in [0.717, 1.165) is 12.1 Å². The van der Waals surface area contributed by atoms with Crippen molar-refractivity contribution in [2.24, 2.45) is 11.1 Å². The third-order valence-electron chi connectivity index (χ3n) is 3.76. The molecule has 0 spiro atoms. The molecule has 1 heterocycles. The average Bonchev–Trinajstić information content (AvgIpc) is 2.48. The molecule has 118 valence electrons. The number of hydrogen-bond acceptors (Lipinski definition) is 3. The molecule has 0 saturated carbocycles.